The van der Waals surface area contributed by atoms with Crippen molar-refractivity contribution in [2.45, 2.75) is 4.90 Å². The average Bonchev–Trinajstić information content (AvgIpc) is 3.21. The van der Waals surface area contributed by atoms with E-state index in [0.717, 1.165) is 24.2 Å². The van der Waals surface area contributed by atoms with Gasteiger partial charge < -0.3 is 9.73 Å². The van der Waals surface area contributed by atoms with E-state index >= 15 is 0 Å². The van der Waals surface area contributed by atoms with Crippen LogP contribution in [0.1, 0.15) is 0 Å². The van der Waals surface area contributed by atoms with Crippen molar-refractivity contribution in [3.05, 3.63) is 101 Å². The molecule has 1 N–H and O–H groups in total. The smallest absolute Gasteiger partial charge is 0.264 e. The van der Waals surface area contributed by atoms with Gasteiger partial charge in [0.2, 0.25) is 5.91 Å². The molecule has 0 bridgehead atoms. The first-order chi connectivity index (χ1) is 16.4. The third kappa shape index (κ3) is 4.38. The van der Waals surface area contributed by atoms with E-state index in [1.165, 1.54) is 12.1 Å². The van der Waals surface area contributed by atoms with Gasteiger partial charge in [-0.25, -0.2) is 8.42 Å². The zero-order valence-corrected chi connectivity index (χ0v) is 20.8. The Morgan fingerprint density at radius 1 is 0.824 bits per heavy atom. The summed E-state index contributed by atoms with van der Waals surface area (Å²) in [6, 6.07) is 28.2. The number of hydrogen-bond acceptors (Lipinski definition) is 4. The van der Waals surface area contributed by atoms with Gasteiger partial charge in [0, 0.05) is 26.1 Å². The first-order valence-electron chi connectivity index (χ1n) is 10.5. The summed E-state index contributed by atoms with van der Waals surface area (Å²) in [5.41, 5.74) is 2.34. The fourth-order valence-corrected chi connectivity index (χ4v) is 5.58. The number of nitrogens with one attached hydrogen (secondary N) is 1. The Hall–Kier alpha value is -3.37. The van der Waals surface area contributed by atoms with Crippen LogP contribution >= 0.6 is 22.6 Å². The summed E-state index contributed by atoms with van der Waals surface area (Å²) < 4.78 is 34.8. The summed E-state index contributed by atoms with van der Waals surface area (Å²) in [7, 11) is -3.95. The SMILES string of the molecule is O=C(CN(c1ccc(I)cc1)S(=O)(=O)c1ccccc1)Nc1ccc2c(c1)oc1ccccc12. The summed E-state index contributed by atoms with van der Waals surface area (Å²) in [6.07, 6.45) is 0. The topological polar surface area (TPSA) is 79.6 Å². The molecule has 0 atom stereocenters. The number of fused-ring (bicyclic) bond motifs is 3. The second kappa shape index (κ2) is 9.11. The van der Waals surface area contributed by atoms with Crippen LogP contribution in [0.5, 0.6) is 0 Å². The van der Waals surface area contributed by atoms with Gasteiger partial charge in [-0.2, -0.15) is 0 Å². The van der Waals surface area contributed by atoms with Crippen LogP contribution in [0.3, 0.4) is 0 Å². The number of carbonyl (C=O) groups is 1. The predicted octanol–water partition coefficient (Wildman–Crippen LogP) is 6.02. The summed E-state index contributed by atoms with van der Waals surface area (Å²) in [4.78, 5) is 13.1. The second-order valence-electron chi connectivity index (χ2n) is 7.66. The molecule has 0 saturated heterocycles. The van der Waals surface area contributed by atoms with Crippen LogP contribution in [0.4, 0.5) is 11.4 Å². The number of halogens is 1. The molecule has 8 heteroatoms. The van der Waals surface area contributed by atoms with E-state index < -0.39 is 15.9 Å². The maximum absolute atomic E-state index is 13.4. The molecule has 34 heavy (non-hydrogen) atoms. The van der Waals surface area contributed by atoms with Gasteiger partial charge in [-0.15, -0.1) is 0 Å². The highest BCUT2D eigenvalue weighted by atomic mass is 127. The van der Waals surface area contributed by atoms with Crippen LogP contribution in [0, 0.1) is 3.57 Å². The minimum Gasteiger partial charge on any atom is -0.456 e. The standard InChI is InChI=1S/C26H19IN2O4S/c27-18-10-13-20(14-11-18)29(34(31,32)21-6-2-1-3-7-21)17-26(30)28-19-12-15-23-22-8-4-5-9-24(22)33-25(23)16-19/h1-16H,17H2,(H,28,30). The molecule has 4 aromatic carbocycles. The highest BCUT2D eigenvalue weighted by Crippen LogP contribution is 2.30. The highest BCUT2D eigenvalue weighted by Gasteiger charge is 2.27. The van der Waals surface area contributed by atoms with Gasteiger partial charge in [-0.1, -0.05) is 36.4 Å². The van der Waals surface area contributed by atoms with E-state index in [-0.39, 0.29) is 11.4 Å². The number of hydrogen-bond donors (Lipinski definition) is 1. The third-order valence-corrected chi connectivity index (χ3v) is 7.90. The number of benzene rings is 4. The molecule has 0 fully saturated rings. The first-order valence-corrected chi connectivity index (χ1v) is 13.0. The van der Waals surface area contributed by atoms with Crippen LogP contribution in [0.2, 0.25) is 0 Å². The summed E-state index contributed by atoms with van der Waals surface area (Å²) in [5, 5.41) is 4.75. The first kappa shape index (κ1) is 22.4. The Balaban J connectivity index is 1.44. The summed E-state index contributed by atoms with van der Waals surface area (Å²) in [5.74, 6) is -0.464. The van der Waals surface area contributed by atoms with Crippen LogP contribution in [0.25, 0.3) is 21.9 Å². The molecule has 0 saturated carbocycles. The molecule has 0 spiro atoms. The molecule has 1 aromatic heterocycles. The maximum atomic E-state index is 13.4. The van der Waals surface area contributed by atoms with Crippen LogP contribution < -0.4 is 9.62 Å². The molecule has 0 aliphatic heterocycles. The Labute approximate surface area is 210 Å². The fraction of sp³-hybridized carbons (Fsp3) is 0.0385. The third-order valence-electron chi connectivity index (χ3n) is 5.40. The summed E-state index contributed by atoms with van der Waals surface area (Å²) >= 11 is 2.15. The van der Waals surface area contributed by atoms with Crippen molar-refractivity contribution in [1.29, 1.82) is 0 Å². The molecule has 6 nitrogen and oxygen atoms in total. The van der Waals surface area contributed by atoms with Crippen molar-refractivity contribution >= 4 is 71.8 Å². The Morgan fingerprint density at radius 2 is 1.50 bits per heavy atom. The van der Waals surface area contributed by atoms with Gasteiger partial charge in [0.05, 0.1) is 10.6 Å². The molecule has 1 amide bonds. The Morgan fingerprint density at radius 3 is 2.26 bits per heavy atom. The fourth-order valence-electron chi connectivity index (χ4n) is 3.78. The molecule has 5 rings (SSSR count). The van der Waals surface area contributed by atoms with Crippen molar-refractivity contribution in [3.8, 4) is 0 Å². The number of anilines is 2. The van der Waals surface area contributed by atoms with Gasteiger partial charge in [0.25, 0.3) is 10.0 Å². The Bertz CT molecular complexity index is 1600. The molecule has 0 aliphatic carbocycles. The van der Waals surface area contributed by atoms with Crippen molar-refractivity contribution in [1.82, 2.24) is 0 Å². The number of sulfonamides is 1. The molecule has 5 aromatic rings. The minimum atomic E-state index is -3.95. The largest absolute Gasteiger partial charge is 0.456 e. The number of amides is 1. The zero-order chi connectivity index (χ0) is 23.7. The van der Waals surface area contributed by atoms with Crippen molar-refractivity contribution in [3.63, 3.8) is 0 Å². The molecule has 0 radical (unpaired) electrons. The maximum Gasteiger partial charge on any atom is 0.264 e. The van der Waals surface area contributed by atoms with Gasteiger partial charge >= 0.3 is 0 Å². The van der Waals surface area contributed by atoms with Gasteiger partial charge in [-0.3, -0.25) is 9.10 Å². The van der Waals surface area contributed by atoms with Crippen molar-refractivity contribution < 1.29 is 17.6 Å². The quantitative estimate of drug-likeness (QED) is 0.248. The number of nitrogens with zero attached hydrogens (tertiary/aromatic N) is 1. The number of para-hydroxylation sites is 1. The van der Waals surface area contributed by atoms with Crippen LogP contribution in [-0.2, 0) is 14.8 Å². The number of carbonyl (C=O) groups excluding carboxylic acids is 1. The van der Waals surface area contributed by atoms with Crippen LogP contribution in [0.15, 0.2) is 106 Å². The van der Waals surface area contributed by atoms with Gasteiger partial charge in [0.1, 0.15) is 17.7 Å². The lowest BCUT2D eigenvalue weighted by Crippen LogP contribution is -2.38. The summed E-state index contributed by atoms with van der Waals surface area (Å²) in [6.45, 7) is -0.379. The van der Waals surface area contributed by atoms with E-state index in [1.807, 2.05) is 30.3 Å². The van der Waals surface area contributed by atoms with E-state index in [2.05, 4.69) is 27.9 Å². The lowest BCUT2D eigenvalue weighted by Gasteiger charge is -2.24. The van der Waals surface area contributed by atoms with E-state index in [9.17, 15) is 13.2 Å². The number of furan rings is 1. The van der Waals surface area contributed by atoms with Gasteiger partial charge in [0.15, 0.2) is 0 Å². The minimum absolute atomic E-state index is 0.116. The molecular formula is C26H19IN2O4S. The lowest BCUT2D eigenvalue weighted by atomic mass is 10.1. The van der Waals surface area contributed by atoms with Crippen LogP contribution in [-0.4, -0.2) is 20.9 Å². The zero-order valence-electron chi connectivity index (χ0n) is 17.8. The van der Waals surface area contributed by atoms with Gasteiger partial charge in [-0.05, 0) is 77.2 Å². The molecular weight excluding hydrogens is 563 g/mol. The lowest BCUT2D eigenvalue weighted by molar-refractivity contribution is -0.114. The predicted molar refractivity (Wildman–Crippen MR) is 142 cm³/mol. The monoisotopic (exact) mass is 582 g/mol. The van der Waals surface area contributed by atoms with E-state index in [0.29, 0.717) is 17.0 Å². The molecule has 0 aliphatic rings. The van der Waals surface area contributed by atoms with E-state index in [4.69, 9.17) is 4.42 Å². The average molecular weight is 582 g/mol. The highest BCUT2D eigenvalue weighted by molar-refractivity contribution is 14.1. The second-order valence-corrected chi connectivity index (χ2v) is 10.8. The van der Waals surface area contributed by atoms with E-state index in [1.54, 1.807) is 54.6 Å². The number of rotatable bonds is 6. The normalized spacial score (nSPS) is 11.6. The molecule has 0 unspecified atom stereocenters. The Kier molecular flexibility index (Phi) is 6.01. The molecule has 1 heterocycles. The van der Waals surface area contributed by atoms with Crippen molar-refractivity contribution in [2.24, 2.45) is 0 Å². The van der Waals surface area contributed by atoms with Crippen molar-refractivity contribution in [2.75, 3.05) is 16.2 Å². The molecule has 170 valence electrons.